The van der Waals surface area contributed by atoms with Crippen molar-refractivity contribution >= 4 is 13.7 Å². The third-order valence-electron chi connectivity index (χ3n) is 2.05. The summed E-state index contributed by atoms with van der Waals surface area (Å²) in [5.74, 6) is 0. The van der Waals surface area contributed by atoms with Gasteiger partial charge in [0.05, 0.1) is 12.2 Å². The minimum atomic E-state index is -3.89. The molecule has 19 heavy (non-hydrogen) atoms. The zero-order chi connectivity index (χ0) is 14.5. The largest absolute Gasteiger partial charge is 0.390 e. The highest BCUT2D eigenvalue weighted by Crippen LogP contribution is 2.58. The Morgan fingerprint density at radius 3 is 2.00 bits per heavy atom. The van der Waals surface area contributed by atoms with E-state index in [2.05, 4.69) is 0 Å². The lowest BCUT2D eigenvalue weighted by Gasteiger charge is -2.21. The van der Waals surface area contributed by atoms with Crippen molar-refractivity contribution in [2.24, 2.45) is 0 Å². The van der Waals surface area contributed by atoms with Gasteiger partial charge in [0, 0.05) is 0 Å². The van der Waals surface area contributed by atoms with Crippen LogP contribution in [0, 0.1) is 0 Å². The van der Waals surface area contributed by atoms with Gasteiger partial charge in [-0.05, 0) is 39.3 Å². The summed E-state index contributed by atoms with van der Waals surface area (Å²) in [6.07, 6.45) is 0.407. The molecule has 0 unspecified atom stereocenters. The van der Waals surface area contributed by atoms with Gasteiger partial charge in [-0.15, -0.1) is 0 Å². The first-order valence-electron chi connectivity index (χ1n) is 6.23. The lowest BCUT2D eigenvalue weighted by atomic mass is 10.2. The molecular weight excluding hydrogens is 266 g/mol. The fourth-order valence-corrected chi connectivity index (χ4v) is 3.11. The van der Waals surface area contributed by atoms with Gasteiger partial charge in [0.15, 0.2) is 0 Å². The maximum atomic E-state index is 14.2. The number of hydrogen-bond acceptors (Lipinski definition) is 3. The van der Waals surface area contributed by atoms with Crippen LogP contribution in [0.2, 0.25) is 0 Å². The van der Waals surface area contributed by atoms with Gasteiger partial charge in [-0.3, -0.25) is 4.57 Å². The molecule has 1 aromatic carbocycles. The van der Waals surface area contributed by atoms with E-state index in [4.69, 9.17) is 9.05 Å². The Bertz CT molecular complexity index is 455. The monoisotopic (exact) mass is 286 g/mol. The molecule has 0 amide bonds. The summed E-state index contributed by atoms with van der Waals surface area (Å²) in [5.41, 5.74) is -0.263. The van der Waals surface area contributed by atoms with E-state index >= 15 is 0 Å². The van der Waals surface area contributed by atoms with Crippen LogP contribution in [0.1, 0.15) is 33.3 Å². The second kappa shape index (κ2) is 6.99. The van der Waals surface area contributed by atoms with E-state index in [0.717, 1.165) is 0 Å². The predicted octanol–water partition coefficient (Wildman–Crippen LogP) is 5.00. The lowest BCUT2D eigenvalue weighted by molar-refractivity contribution is 0.143. The molecule has 3 nitrogen and oxygen atoms in total. The zero-order valence-electron chi connectivity index (χ0n) is 11.7. The summed E-state index contributed by atoms with van der Waals surface area (Å²) in [6.45, 7) is 6.75. The number of hydrogen-bond donors (Lipinski definition) is 0. The highest BCUT2D eigenvalue weighted by molar-refractivity contribution is 7.58. The number of halogens is 1. The summed E-state index contributed by atoms with van der Waals surface area (Å²) in [4.78, 5) is 0. The van der Waals surface area contributed by atoms with Crippen LogP contribution >= 0.6 is 7.60 Å². The third kappa shape index (κ3) is 5.27. The van der Waals surface area contributed by atoms with Gasteiger partial charge in [0.2, 0.25) is 5.57 Å². The molecule has 0 bridgehead atoms. The van der Waals surface area contributed by atoms with E-state index < -0.39 is 13.2 Å². The second-order valence-electron chi connectivity index (χ2n) is 4.68. The van der Waals surface area contributed by atoms with Gasteiger partial charge in [0.1, 0.15) is 0 Å². The third-order valence-corrected chi connectivity index (χ3v) is 4.10. The molecule has 0 atom stereocenters. The summed E-state index contributed by atoms with van der Waals surface area (Å²) in [7, 11) is -3.89. The van der Waals surface area contributed by atoms with E-state index in [1.54, 1.807) is 52.0 Å². The Morgan fingerprint density at radius 1 is 1.11 bits per heavy atom. The Hall–Kier alpha value is -0.960. The van der Waals surface area contributed by atoms with Crippen molar-refractivity contribution in [3.8, 4) is 0 Å². The van der Waals surface area contributed by atoms with Gasteiger partial charge < -0.3 is 9.05 Å². The van der Waals surface area contributed by atoms with Crippen molar-refractivity contribution < 1.29 is 18.0 Å². The molecule has 0 aliphatic carbocycles. The van der Waals surface area contributed by atoms with Crippen LogP contribution in [0.3, 0.4) is 0 Å². The van der Waals surface area contributed by atoms with Crippen molar-refractivity contribution in [1.29, 1.82) is 0 Å². The molecule has 0 heterocycles. The van der Waals surface area contributed by atoms with Crippen molar-refractivity contribution in [3.63, 3.8) is 0 Å². The van der Waals surface area contributed by atoms with Crippen LogP contribution in [0.5, 0.6) is 0 Å². The molecular formula is C14H20FO3P. The van der Waals surface area contributed by atoms with Crippen LogP contribution in [0.4, 0.5) is 4.39 Å². The summed E-state index contributed by atoms with van der Waals surface area (Å²) in [6, 6.07) is 8.81. The highest BCUT2D eigenvalue weighted by atomic mass is 31.2. The normalized spacial score (nSPS) is 13.3. The molecule has 1 aromatic rings. The standard InChI is InChI=1S/C14H20FO3P/c1-11(2)17-19(16,18-12(3)4)14(15)10-13-8-6-5-7-9-13/h5-12H,1-4H3/b14-10+. The minimum absolute atomic E-state index is 0.389. The van der Waals surface area contributed by atoms with Crippen LogP contribution in [0.15, 0.2) is 35.9 Å². The molecule has 0 aliphatic heterocycles. The zero-order valence-corrected chi connectivity index (χ0v) is 12.6. The van der Waals surface area contributed by atoms with Gasteiger partial charge in [0.25, 0.3) is 0 Å². The summed E-state index contributed by atoms with van der Waals surface area (Å²) in [5, 5.41) is 0. The van der Waals surface area contributed by atoms with Crippen molar-refractivity contribution in [3.05, 3.63) is 41.5 Å². The summed E-state index contributed by atoms with van der Waals surface area (Å²) >= 11 is 0. The second-order valence-corrected chi connectivity index (χ2v) is 6.53. The van der Waals surface area contributed by atoms with Gasteiger partial charge >= 0.3 is 7.60 Å². The predicted molar refractivity (Wildman–Crippen MR) is 75.6 cm³/mol. The first kappa shape index (κ1) is 16.1. The Morgan fingerprint density at radius 2 is 1.58 bits per heavy atom. The van der Waals surface area contributed by atoms with Crippen LogP contribution < -0.4 is 0 Å². The number of benzene rings is 1. The van der Waals surface area contributed by atoms with E-state index in [0.29, 0.717) is 5.56 Å². The van der Waals surface area contributed by atoms with Crippen molar-refractivity contribution in [1.82, 2.24) is 0 Å². The van der Waals surface area contributed by atoms with Gasteiger partial charge in [-0.1, -0.05) is 30.3 Å². The first-order chi connectivity index (χ1) is 8.83. The quantitative estimate of drug-likeness (QED) is 0.690. The molecule has 0 fully saturated rings. The van der Waals surface area contributed by atoms with Crippen molar-refractivity contribution in [2.45, 2.75) is 39.9 Å². The van der Waals surface area contributed by atoms with Gasteiger partial charge in [-0.25, -0.2) is 0 Å². The van der Waals surface area contributed by atoms with Crippen LogP contribution in [-0.4, -0.2) is 12.2 Å². The number of rotatable bonds is 6. The maximum absolute atomic E-state index is 14.2. The van der Waals surface area contributed by atoms with Gasteiger partial charge in [-0.2, -0.15) is 4.39 Å². The molecule has 0 radical (unpaired) electrons. The molecule has 5 heteroatoms. The van der Waals surface area contributed by atoms with Crippen molar-refractivity contribution in [2.75, 3.05) is 0 Å². The average Bonchev–Trinajstić information content (AvgIpc) is 2.27. The van der Waals surface area contributed by atoms with E-state index in [1.165, 1.54) is 6.08 Å². The van der Waals surface area contributed by atoms with Crippen LogP contribution in [0.25, 0.3) is 6.08 Å². The molecule has 0 saturated carbocycles. The minimum Gasteiger partial charge on any atom is -0.301 e. The fraction of sp³-hybridized carbons (Fsp3) is 0.429. The van der Waals surface area contributed by atoms with E-state index in [9.17, 15) is 8.96 Å². The Kier molecular flexibility index (Phi) is 5.92. The molecule has 0 aliphatic rings. The maximum Gasteiger partial charge on any atom is 0.390 e. The fourth-order valence-electron chi connectivity index (χ4n) is 1.45. The first-order valence-corrected chi connectivity index (χ1v) is 7.77. The molecule has 0 N–H and O–H groups in total. The summed E-state index contributed by atoms with van der Waals surface area (Å²) < 4.78 is 37.0. The molecule has 0 aromatic heterocycles. The van der Waals surface area contributed by atoms with E-state index in [1.807, 2.05) is 6.07 Å². The highest BCUT2D eigenvalue weighted by Gasteiger charge is 2.33. The average molecular weight is 286 g/mol. The molecule has 106 valence electrons. The molecule has 1 rings (SSSR count). The lowest BCUT2D eigenvalue weighted by Crippen LogP contribution is -2.08. The Labute approximate surface area is 114 Å². The molecule has 0 saturated heterocycles. The van der Waals surface area contributed by atoms with E-state index in [-0.39, 0.29) is 12.2 Å². The molecule has 0 spiro atoms. The Balaban J connectivity index is 3.04. The smallest absolute Gasteiger partial charge is 0.301 e. The van der Waals surface area contributed by atoms with Crippen LogP contribution in [-0.2, 0) is 13.6 Å². The SMILES string of the molecule is CC(C)OP(=O)(OC(C)C)/C(F)=C/c1ccccc1. The topological polar surface area (TPSA) is 35.5 Å².